The predicted octanol–water partition coefficient (Wildman–Crippen LogP) is 4.90. The summed E-state index contributed by atoms with van der Waals surface area (Å²) >= 11 is 1.31. The number of anilines is 2. The molecule has 0 atom stereocenters. The van der Waals surface area contributed by atoms with Crippen LogP contribution >= 0.6 is 11.3 Å². The van der Waals surface area contributed by atoms with Gasteiger partial charge in [-0.15, -0.1) is 11.3 Å². The van der Waals surface area contributed by atoms with Crippen molar-refractivity contribution in [1.82, 2.24) is 4.98 Å². The van der Waals surface area contributed by atoms with Crippen molar-refractivity contribution in [2.45, 2.75) is 6.92 Å². The molecule has 2 amide bonds. The average Bonchev–Trinajstić information content (AvgIpc) is 2.98. The second-order valence-electron chi connectivity index (χ2n) is 4.99. The highest BCUT2D eigenvalue weighted by Gasteiger charge is 2.08. The second kappa shape index (κ2) is 6.58. The highest BCUT2D eigenvalue weighted by molar-refractivity contribution is 7.14. The molecule has 1 heterocycles. The summed E-state index contributed by atoms with van der Waals surface area (Å²) < 4.78 is 12.9. The molecule has 0 saturated heterocycles. The van der Waals surface area contributed by atoms with Crippen LogP contribution in [-0.2, 0) is 0 Å². The number of thiazole rings is 1. The molecule has 6 heteroatoms. The van der Waals surface area contributed by atoms with E-state index in [1.54, 1.807) is 12.1 Å². The SMILES string of the molecule is Cc1ccc(NC(=O)Nc2nc(-c3ccc(F)cc3)cs2)cc1. The van der Waals surface area contributed by atoms with E-state index in [0.717, 1.165) is 11.1 Å². The number of rotatable bonds is 3. The lowest BCUT2D eigenvalue weighted by molar-refractivity contribution is 0.262. The van der Waals surface area contributed by atoms with Crippen LogP contribution in [0, 0.1) is 12.7 Å². The molecular weight excluding hydrogens is 313 g/mol. The van der Waals surface area contributed by atoms with Crippen molar-refractivity contribution in [1.29, 1.82) is 0 Å². The summed E-state index contributed by atoms with van der Waals surface area (Å²) in [6.07, 6.45) is 0. The fourth-order valence-corrected chi connectivity index (χ4v) is 2.70. The summed E-state index contributed by atoms with van der Waals surface area (Å²) in [4.78, 5) is 16.3. The molecule has 3 rings (SSSR count). The summed E-state index contributed by atoms with van der Waals surface area (Å²) in [6, 6.07) is 13.2. The molecule has 2 aromatic carbocycles. The maximum atomic E-state index is 12.9. The Bertz CT molecular complexity index is 813. The van der Waals surface area contributed by atoms with Gasteiger partial charge in [0, 0.05) is 16.6 Å². The number of carbonyl (C=O) groups is 1. The number of nitrogens with one attached hydrogen (secondary N) is 2. The molecular formula is C17H14FN3OS. The molecule has 116 valence electrons. The third-order valence-corrected chi connectivity index (χ3v) is 3.93. The predicted molar refractivity (Wildman–Crippen MR) is 91.3 cm³/mol. The zero-order valence-corrected chi connectivity index (χ0v) is 13.2. The first-order valence-corrected chi connectivity index (χ1v) is 7.84. The zero-order valence-electron chi connectivity index (χ0n) is 12.3. The molecule has 0 saturated carbocycles. The Hall–Kier alpha value is -2.73. The largest absolute Gasteiger partial charge is 0.325 e. The van der Waals surface area contributed by atoms with E-state index in [9.17, 15) is 9.18 Å². The average molecular weight is 327 g/mol. The Morgan fingerprint density at radius 2 is 1.74 bits per heavy atom. The van der Waals surface area contributed by atoms with Crippen LogP contribution in [0.5, 0.6) is 0 Å². The van der Waals surface area contributed by atoms with Gasteiger partial charge < -0.3 is 5.32 Å². The minimum absolute atomic E-state index is 0.292. The Balaban J connectivity index is 1.65. The highest BCUT2D eigenvalue weighted by Crippen LogP contribution is 2.25. The number of urea groups is 1. The lowest BCUT2D eigenvalue weighted by Gasteiger charge is -2.05. The van der Waals surface area contributed by atoms with Crippen LogP contribution in [0.25, 0.3) is 11.3 Å². The van der Waals surface area contributed by atoms with E-state index in [2.05, 4.69) is 15.6 Å². The third kappa shape index (κ3) is 3.92. The van der Waals surface area contributed by atoms with Crippen LogP contribution in [0.3, 0.4) is 0 Å². The fraction of sp³-hybridized carbons (Fsp3) is 0.0588. The first-order valence-electron chi connectivity index (χ1n) is 6.96. The molecule has 23 heavy (non-hydrogen) atoms. The number of aryl methyl sites for hydroxylation is 1. The summed E-state index contributed by atoms with van der Waals surface area (Å²) in [5, 5.41) is 7.73. The first-order chi connectivity index (χ1) is 11.1. The highest BCUT2D eigenvalue weighted by atomic mass is 32.1. The quantitative estimate of drug-likeness (QED) is 0.719. The van der Waals surface area contributed by atoms with Gasteiger partial charge in [0.25, 0.3) is 0 Å². The minimum Gasteiger partial charge on any atom is -0.308 e. The summed E-state index contributed by atoms with van der Waals surface area (Å²) in [5.41, 5.74) is 3.33. The topological polar surface area (TPSA) is 54.0 Å². The Kier molecular flexibility index (Phi) is 4.34. The van der Waals surface area contributed by atoms with Crippen LogP contribution < -0.4 is 10.6 Å². The molecule has 0 fully saturated rings. The van der Waals surface area contributed by atoms with Gasteiger partial charge in [0.2, 0.25) is 0 Å². The zero-order chi connectivity index (χ0) is 16.2. The van der Waals surface area contributed by atoms with E-state index in [0.29, 0.717) is 16.5 Å². The van der Waals surface area contributed by atoms with E-state index < -0.39 is 0 Å². The number of aromatic nitrogens is 1. The molecule has 0 aliphatic rings. The van der Waals surface area contributed by atoms with Crippen molar-refractivity contribution in [2.24, 2.45) is 0 Å². The van der Waals surface area contributed by atoms with Crippen molar-refractivity contribution in [3.05, 3.63) is 65.3 Å². The first kappa shape index (κ1) is 15.2. The van der Waals surface area contributed by atoms with E-state index in [4.69, 9.17) is 0 Å². The molecule has 0 spiro atoms. The van der Waals surface area contributed by atoms with Crippen LogP contribution in [0.15, 0.2) is 53.9 Å². The van der Waals surface area contributed by atoms with Crippen LogP contribution in [-0.4, -0.2) is 11.0 Å². The number of amides is 2. The minimum atomic E-state index is -0.353. The van der Waals surface area contributed by atoms with Gasteiger partial charge >= 0.3 is 6.03 Å². The Morgan fingerprint density at radius 1 is 1.04 bits per heavy atom. The van der Waals surface area contributed by atoms with Crippen molar-refractivity contribution in [2.75, 3.05) is 10.6 Å². The van der Waals surface area contributed by atoms with Crippen LogP contribution in [0.1, 0.15) is 5.56 Å². The van der Waals surface area contributed by atoms with Gasteiger partial charge in [-0.05, 0) is 43.3 Å². The summed E-state index contributed by atoms with van der Waals surface area (Å²) in [6.45, 7) is 1.98. The van der Waals surface area contributed by atoms with Gasteiger partial charge in [0.15, 0.2) is 5.13 Å². The van der Waals surface area contributed by atoms with E-state index in [1.165, 1.54) is 23.5 Å². The standard InChI is InChI=1S/C17H14FN3OS/c1-11-2-8-14(9-3-11)19-16(22)21-17-20-15(10-23-17)12-4-6-13(18)7-5-12/h2-10H,1H3,(H2,19,20,21,22). The van der Waals surface area contributed by atoms with Gasteiger partial charge in [-0.2, -0.15) is 0 Å². The van der Waals surface area contributed by atoms with Gasteiger partial charge in [-0.25, -0.2) is 14.2 Å². The molecule has 0 bridgehead atoms. The lowest BCUT2D eigenvalue weighted by Crippen LogP contribution is -2.19. The van der Waals surface area contributed by atoms with Crippen molar-refractivity contribution in [3.63, 3.8) is 0 Å². The molecule has 0 radical (unpaired) electrons. The van der Waals surface area contributed by atoms with E-state index in [1.807, 2.05) is 36.6 Å². The normalized spacial score (nSPS) is 10.3. The van der Waals surface area contributed by atoms with Crippen LogP contribution in [0.4, 0.5) is 20.0 Å². The molecule has 0 aliphatic carbocycles. The van der Waals surface area contributed by atoms with Gasteiger partial charge in [-0.1, -0.05) is 17.7 Å². The molecule has 0 unspecified atom stereocenters. The van der Waals surface area contributed by atoms with E-state index >= 15 is 0 Å². The van der Waals surface area contributed by atoms with Gasteiger partial charge in [0.05, 0.1) is 5.69 Å². The number of nitrogens with zero attached hydrogens (tertiary/aromatic N) is 1. The molecule has 0 aliphatic heterocycles. The monoisotopic (exact) mass is 327 g/mol. The number of benzene rings is 2. The Morgan fingerprint density at radius 3 is 2.43 bits per heavy atom. The number of halogens is 1. The van der Waals surface area contributed by atoms with Crippen LogP contribution in [0.2, 0.25) is 0 Å². The Labute approximate surface area is 137 Å². The second-order valence-corrected chi connectivity index (χ2v) is 5.85. The number of carbonyl (C=O) groups excluding carboxylic acids is 1. The lowest BCUT2D eigenvalue weighted by atomic mass is 10.2. The van der Waals surface area contributed by atoms with Crippen molar-refractivity contribution >= 4 is 28.2 Å². The molecule has 4 nitrogen and oxygen atoms in total. The van der Waals surface area contributed by atoms with Crippen molar-refractivity contribution < 1.29 is 9.18 Å². The molecule has 2 N–H and O–H groups in total. The van der Waals surface area contributed by atoms with Crippen molar-refractivity contribution in [3.8, 4) is 11.3 Å². The number of hydrogen-bond acceptors (Lipinski definition) is 3. The van der Waals surface area contributed by atoms with Gasteiger partial charge in [0.1, 0.15) is 5.82 Å². The van der Waals surface area contributed by atoms with Gasteiger partial charge in [-0.3, -0.25) is 5.32 Å². The maximum Gasteiger partial charge on any atom is 0.325 e. The molecule has 1 aromatic heterocycles. The fourth-order valence-electron chi connectivity index (χ4n) is 1.98. The number of hydrogen-bond donors (Lipinski definition) is 2. The summed E-state index contributed by atoms with van der Waals surface area (Å²) in [5.74, 6) is -0.292. The van der Waals surface area contributed by atoms with E-state index in [-0.39, 0.29) is 11.8 Å². The maximum absolute atomic E-state index is 12.9. The smallest absolute Gasteiger partial charge is 0.308 e. The molecule has 3 aromatic rings. The summed E-state index contributed by atoms with van der Waals surface area (Å²) in [7, 11) is 0. The third-order valence-electron chi connectivity index (χ3n) is 3.17.